The second-order valence-corrected chi connectivity index (χ2v) is 23.0. The molecule has 0 aliphatic carbocycles. The third-order valence-corrected chi connectivity index (χ3v) is 14.5. The number of nitrogens with one attached hydrogen (secondary N) is 1. The van der Waals surface area contributed by atoms with Gasteiger partial charge in [0.15, 0.2) is 0 Å². The van der Waals surface area contributed by atoms with Crippen LogP contribution < -0.4 is 5.32 Å². The minimum atomic E-state index is -4.43. The van der Waals surface area contributed by atoms with E-state index in [0.29, 0.717) is 23.9 Å². The van der Waals surface area contributed by atoms with Gasteiger partial charge in [-0.1, -0.05) is 264 Å². The van der Waals surface area contributed by atoms with Gasteiger partial charge in [0, 0.05) is 12.8 Å². The molecule has 0 aromatic carbocycles. The molecule has 3 unspecified atom stereocenters. The number of hydrogen-bond acceptors (Lipinski definition) is 6. The van der Waals surface area contributed by atoms with Crippen LogP contribution in [0.15, 0.2) is 12.2 Å². The van der Waals surface area contributed by atoms with Crippen LogP contribution in [0.3, 0.4) is 0 Å². The third kappa shape index (κ3) is 49.7. The Balaban J connectivity index is 5.32. The number of carbonyl (C=O) groups is 2. The molecule has 0 fully saturated rings. The Morgan fingerprint density at radius 2 is 0.838 bits per heavy atom. The first kappa shape index (κ1) is 66.8. The Morgan fingerprint density at radius 3 is 1.21 bits per heavy atom. The average Bonchev–Trinajstić information content (AvgIpc) is 3.29. The number of likely N-dealkylation sites (N-methyl/N-ethyl adjacent to an activating group) is 1. The summed E-state index contributed by atoms with van der Waals surface area (Å²) in [6, 6.07) is -0.838. The van der Waals surface area contributed by atoms with Crippen LogP contribution in [0.25, 0.3) is 0 Å². The van der Waals surface area contributed by atoms with Crippen molar-refractivity contribution in [2.45, 2.75) is 309 Å². The van der Waals surface area contributed by atoms with Crippen molar-refractivity contribution in [2.24, 2.45) is 0 Å². The molecule has 68 heavy (non-hydrogen) atoms. The third-order valence-electron chi connectivity index (χ3n) is 13.5. The molecular formula is C58H116N2O7P+. The number of ether oxygens (including phenoxy) is 1. The van der Waals surface area contributed by atoms with Crippen LogP contribution in [0.5, 0.6) is 0 Å². The summed E-state index contributed by atoms with van der Waals surface area (Å²) < 4.78 is 30.6. The lowest BCUT2D eigenvalue weighted by Gasteiger charge is -2.27. The zero-order valence-corrected chi connectivity index (χ0v) is 47.0. The average molecular weight is 985 g/mol. The summed E-state index contributed by atoms with van der Waals surface area (Å²) in [6.07, 6.45) is 54.8. The summed E-state index contributed by atoms with van der Waals surface area (Å²) in [5, 5.41) is 3.06. The van der Waals surface area contributed by atoms with E-state index < -0.39 is 20.0 Å². The van der Waals surface area contributed by atoms with Crippen LogP contribution in [0.2, 0.25) is 0 Å². The first-order valence-electron chi connectivity index (χ1n) is 29.5. The smallest absolute Gasteiger partial charge is 0.456 e. The molecule has 0 aromatic rings. The van der Waals surface area contributed by atoms with Gasteiger partial charge >= 0.3 is 13.8 Å². The molecule has 404 valence electrons. The van der Waals surface area contributed by atoms with E-state index in [0.717, 1.165) is 57.8 Å². The maximum atomic E-state index is 13.5. The zero-order chi connectivity index (χ0) is 50.1. The van der Waals surface area contributed by atoms with Crippen molar-refractivity contribution < 1.29 is 37.3 Å². The Labute approximate surface area is 422 Å². The number of amides is 1. The maximum Gasteiger partial charge on any atom is 0.472 e. The molecule has 0 aliphatic heterocycles. The predicted molar refractivity (Wildman–Crippen MR) is 291 cm³/mol. The minimum Gasteiger partial charge on any atom is -0.456 e. The van der Waals surface area contributed by atoms with Gasteiger partial charge in [0.25, 0.3) is 0 Å². The molecule has 9 nitrogen and oxygen atoms in total. The second-order valence-electron chi connectivity index (χ2n) is 21.5. The molecule has 10 heteroatoms. The molecule has 0 saturated carbocycles. The summed E-state index contributed by atoms with van der Waals surface area (Å²) in [4.78, 5) is 37.6. The fraction of sp³-hybridized carbons (Fsp3) is 0.931. The van der Waals surface area contributed by atoms with Crippen LogP contribution in [0.4, 0.5) is 0 Å². The van der Waals surface area contributed by atoms with Crippen LogP contribution in [0.1, 0.15) is 297 Å². The molecule has 0 aliphatic rings. The predicted octanol–water partition coefficient (Wildman–Crippen LogP) is 17.6. The number of rotatable bonds is 54. The standard InChI is InChI=1S/C58H115N2O7P/c1-7-10-13-16-19-22-25-28-30-32-35-38-41-44-47-50-57(61)59-55(54-66-68(63,64)65-53-52-60(4,5)6)56(49-46-43-40-37-34-31-27-24-21-18-15-12-9-3)67-58(62)51-48-45-42-39-36-33-29-26-23-20-17-14-11-8-2/h46,49,55-56H,7-45,47-48,50-54H2,1-6H3,(H-,59,61,63,64)/p+1/b49-46+. The van der Waals surface area contributed by atoms with Gasteiger partial charge in [0.05, 0.1) is 33.8 Å². The molecule has 0 saturated heterocycles. The van der Waals surface area contributed by atoms with Gasteiger partial charge in [-0.3, -0.25) is 18.6 Å². The molecule has 0 spiro atoms. The number of nitrogens with zero attached hydrogens (tertiary/aromatic N) is 1. The number of quaternary nitrogens is 1. The summed E-state index contributed by atoms with van der Waals surface area (Å²) in [5.41, 5.74) is 0. The van der Waals surface area contributed by atoms with Crippen molar-refractivity contribution in [3.63, 3.8) is 0 Å². The van der Waals surface area contributed by atoms with E-state index in [2.05, 4.69) is 26.1 Å². The number of unbranched alkanes of at least 4 members (excludes halogenated alkanes) is 38. The fourth-order valence-corrected chi connectivity index (χ4v) is 9.62. The monoisotopic (exact) mass is 984 g/mol. The number of phosphoric acid groups is 1. The molecule has 3 atom stereocenters. The van der Waals surface area contributed by atoms with E-state index in [1.807, 2.05) is 33.3 Å². The van der Waals surface area contributed by atoms with E-state index in [1.54, 1.807) is 0 Å². The number of phosphoric ester groups is 1. The SMILES string of the molecule is CCCCCCCCCCCCC/C=C/C(OC(=O)CCCCCCCCCCCCCCCC)C(COP(=O)(O)OCC[N+](C)(C)C)NC(=O)CCCCCCCCCCCCCCCCC. The summed E-state index contributed by atoms with van der Waals surface area (Å²) in [7, 11) is 1.52. The van der Waals surface area contributed by atoms with Crippen molar-refractivity contribution in [1.82, 2.24) is 5.32 Å². The lowest BCUT2D eigenvalue weighted by molar-refractivity contribution is -0.870. The quantitative estimate of drug-likeness (QED) is 0.0205. The number of allylic oxidation sites excluding steroid dienone is 1. The molecule has 0 bridgehead atoms. The van der Waals surface area contributed by atoms with Gasteiger partial charge in [-0.05, 0) is 31.8 Å². The Hall–Kier alpha value is -1.25. The van der Waals surface area contributed by atoms with E-state index in [1.165, 1.54) is 205 Å². The normalized spacial score (nSPS) is 13.8. The van der Waals surface area contributed by atoms with E-state index in [-0.39, 0.29) is 25.1 Å². The first-order valence-corrected chi connectivity index (χ1v) is 31.0. The van der Waals surface area contributed by atoms with Crippen molar-refractivity contribution in [3.05, 3.63) is 12.2 Å². The number of hydrogen-bond donors (Lipinski definition) is 2. The molecule has 2 N–H and O–H groups in total. The van der Waals surface area contributed by atoms with Crippen molar-refractivity contribution >= 4 is 19.7 Å². The van der Waals surface area contributed by atoms with Crippen LogP contribution in [-0.2, 0) is 27.9 Å². The highest BCUT2D eigenvalue weighted by molar-refractivity contribution is 7.47. The number of esters is 1. The summed E-state index contributed by atoms with van der Waals surface area (Å²) >= 11 is 0. The zero-order valence-electron chi connectivity index (χ0n) is 46.1. The highest BCUT2D eigenvalue weighted by Gasteiger charge is 2.30. The molecule has 1 amide bonds. The van der Waals surface area contributed by atoms with E-state index in [9.17, 15) is 19.0 Å². The van der Waals surface area contributed by atoms with Gasteiger partial charge in [-0.25, -0.2) is 4.57 Å². The highest BCUT2D eigenvalue weighted by Crippen LogP contribution is 2.43. The van der Waals surface area contributed by atoms with Crippen LogP contribution >= 0.6 is 7.82 Å². The molecular weight excluding hydrogens is 868 g/mol. The Kier molecular flexibility index (Phi) is 48.4. The van der Waals surface area contributed by atoms with Crippen molar-refractivity contribution in [3.8, 4) is 0 Å². The van der Waals surface area contributed by atoms with Crippen LogP contribution in [-0.4, -0.2) is 74.3 Å². The van der Waals surface area contributed by atoms with Crippen molar-refractivity contribution in [1.29, 1.82) is 0 Å². The minimum absolute atomic E-state index is 0.0456. The number of carbonyl (C=O) groups excluding carboxylic acids is 2. The summed E-state index contributed by atoms with van der Waals surface area (Å²) in [6.45, 7) is 7.05. The van der Waals surface area contributed by atoms with Crippen molar-refractivity contribution in [2.75, 3.05) is 40.9 Å². The highest BCUT2D eigenvalue weighted by atomic mass is 31.2. The first-order chi connectivity index (χ1) is 32.9. The van der Waals surface area contributed by atoms with Gasteiger partial charge in [-0.2, -0.15) is 0 Å². The van der Waals surface area contributed by atoms with E-state index >= 15 is 0 Å². The second kappa shape index (κ2) is 49.3. The topological polar surface area (TPSA) is 111 Å². The van der Waals surface area contributed by atoms with Gasteiger partial charge < -0.3 is 19.4 Å². The molecule has 0 heterocycles. The van der Waals surface area contributed by atoms with Gasteiger partial charge in [-0.15, -0.1) is 0 Å². The van der Waals surface area contributed by atoms with Gasteiger partial charge in [0.2, 0.25) is 5.91 Å². The lowest BCUT2D eigenvalue weighted by Crippen LogP contribution is -2.47. The lowest BCUT2D eigenvalue weighted by atomic mass is 10.0. The fourth-order valence-electron chi connectivity index (χ4n) is 8.88. The van der Waals surface area contributed by atoms with E-state index in [4.69, 9.17) is 13.8 Å². The molecule has 0 radical (unpaired) electrons. The molecule has 0 aromatic heterocycles. The van der Waals surface area contributed by atoms with Crippen LogP contribution in [0, 0.1) is 0 Å². The largest absolute Gasteiger partial charge is 0.472 e. The molecule has 0 rings (SSSR count). The maximum absolute atomic E-state index is 13.5. The Morgan fingerprint density at radius 1 is 0.500 bits per heavy atom. The Bertz CT molecular complexity index is 1180. The summed E-state index contributed by atoms with van der Waals surface area (Å²) in [5.74, 6) is -0.486. The van der Waals surface area contributed by atoms with Gasteiger partial charge in [0.1, 0.15) is 19.3 Å².